The molecule has 1 saturated carbocycles. The molecule has 1 N–H and O–H groups in total. The maximum absolute atomic E-state index is 13.1. The molecule has 0 aliphatic heterocycles. The summed E-state index contributed by atoms with van der Waals surface area (Å²) in [5, 5.41) is 10.5. The van der Waals surface area contributed by atoms with Crippen molar-refractivity contribution in [2.75, 3.05) is 13.2 Å². The third-order valence-corrected chi connectivity index (χ3v) is 11.0. The largest absolute Gasteiger partial charge is 0.462 e. The second-order valence-corrected chi connectivity index (χ2v) is 16.3. The monoisotopic (exact) mass is 811 g/mol. The highest BCUT2D eigenvalue weighted by Crippen LogP contribution is 2.37. The minimum atomic E-state index is -0.862. The number of carbonyl (C=O) groups is 3. The fourth-order valence-electron chi connectivity index (χ4n) is 7.39. The minimum Gasteiger partial charge on any atom is -0.462 e. The van der Waals surface area contributed by atoms with Crippen molar-refractivity contribution in [2.45, 2.75) is 219 Å². The number of unbranched alkanes of at least 4 members (excludes halogenated alkanes) is 16. The van der Waals surface area contributed by atoms with Gasteiger partial charge in [-0.15, -0.1) is 0 Å². The Labute approximate surface area is 355 Å². The van der Waals surface area contributed by atoms with Crippen molar-refractivity contribution in [2.24, 2.45) is 11.8 Å². The van der Waals surface area contributed by atoms with E-state index in [0.717, 1.165) is 109 Å². The van der Waals surface area contributed by atoms with E-state index in [2.05, 4.69) is 81.5 Å². The average Bonchev–Trinajstić information content (AvgIpc) is 3.56. The lowest BCUT2D eigenvalue weighted by atomic mass is 9.89. The summed E-state index contributed by atoms with van der Waals surface area (Å²) in [6.07, 6.45) is 49.3. The van der Waals surface area contributed by atoms with E-state index in [0.29, 0.717) is 19.3 Å². The van der Waals surface area contributed by atoms with Crippen molar-refractivity contribution in [3.05, 3.63) is 60.8 Å². The Morgan fingerprint density at radius 2 is 0.983 bits per heavy atom. The highest BCUT2D eigenvalue weighted by molar-refractivity contribution is 5.71. The molecule has 3 atom stereocenters. The molecule has 58 heavy (non-hydrogen) atoms. The molecule has 0 saturated heterocycles. The maximum atomic E-state index is 13.1. The molecule has 0 heterocycles. The number of esters is 3. The second kappa shape index (κ2) is 39.5. The normalized spacial score (nSPS) is 17.3. The fraction of sp³-hybridized carbons (Fsp3) is 0.745. The molecular weight excluding hydrogens is 725 g/mol. The number of aliphatic hydroxyl groups excluding tert-OH is 1. The predicted molar refractivity (Wildman–Crippen MR) is 241 cm³/mol. The van der Waals surface area contributed by atoms with Gasteiger partial charge < -0.3 is 19.3 Å². The lowest BCUT2D eigenvalue weighted by molar-refractivity contribution is -0.167. The first kappa shape index (κ1) is 53.1. The van der Waals surface area contributed by atoms with E-state index in [-0.39, 0.29) is 43.4 Å². The molecular formula is C51H86O7. The van der Waals surface area contributed by atoms with Crippen LogP contribution < -0.4 is 0 Å². The fourth-order valence-corrected chi connectivity index (χ4v) is 7.39. The highest BCUT2D eigenvalue weighted by Gasteiger charge is 2.36. The van der Waals surface area contributed by atoms with Crippen molar-refractivity contribution in [1.82, 2.24) is 0 Å². The molecule has 0 aromatic rings. The molecule has 0 aromatic carbocycles. The summed E-state index contributed by atoms with van der Waals surface area (Å²) in [4.78, 5) is 38.4. The molecule has 7 nitrogen and oxygen atoms in total. The van der Waals surface area contributed by atoms with E-state index >= 15 is 0 Å². The van der Waals surface area contributed by atoms with Gasteiger partial charge >= 0.3 is 17.9 Å². The molecule has 0 aromatic heterocycles. The number of aliphatic hydroxyl groups is 1. The average molecular weight is 811 g/mol. The summed E-state index contributed by atoms with van der Waals surface area (Å²) in [6.45, 7) is 6.25. The molecule has 1 rings (SSSR count). The summed E-state index contributed by atoms with van der Waals surface area (Å²) in [7, 11) is 0. The van der Waals surface area contributed by atoms with Crippen LogP contribution in [0, 0.1) is 11.8 Å². The zero-order chi connectivity index (χ0) is 42.2. The van der Waals surface area contributed by atoms with Gasteiger partial charge in [0, 0.05) is 19.3 Å². The van der Waals surface area contributed by atoms with Gasteiger partial charge in [0.15, 0.2) is 6.10 Å². The first-order chi connectivity index (χ1) is 28.4. The molecule has 0 amide bonds. The summed E-state index contributed by atoms with van der Waals surface area (Å²) >= 11 is 0. The molecule has 1 aliphatic rings. The van der Waals surface area contributed by atoms with Gasteiger partial charge in [0.1, 0.15) is 13.2 Å². The van der Waals surface area contributed by atoms with Crippen molar-refractivity contribution >= 4 is 17.9 Å². The third-order valence-electron chi connectivity index (χ3n) is 11.0. The first-order valence-corrected chi connectivity index (χ1v) is 23.8. The van der Waals surface area contributed by atoms with Crippen LogP contribution in [0.2, 0.25) is 0 Å². The summed E-state index contributed by atoms with van der Waals surface area (Å²) in [5.74, 6) is -1.04. The van der Waals surface area contributed by atoms with Gasteiger partial charge in [-0.1, -0.05) is 146 Å². The molecule has 332 valence electrons. The summed E-state index contributed by atoms with van der Waals surface area (Å²) < 4.78 is 16.9. The standard InChI is InChI=1S/C51H86O7/c1-4-7-10-12-14-16-18-20-22-24-26-28-30-32-35-38-49(53)56-43-46(58-51(55)42-45-40-41-48(52)47(45)37-34-9-6-3)44-57-50(54)39-36-33-31-29-27-25-23-21-19-17-15-13-11-8-5-2/h9,14-17,20-23,34,45-48,52H,4-8,10-13,18-19,24-33,35-44H2,1-3H3/b16-14-,17-15-,22-20-,23-21-,34-9-. The number of allylic oxidation sites excluding steroid dienone is 10. The number of ether oxygens (including phenoxy) is 3. The Hall–Kier alpha value is -2.93. The zero-order valence-electron chi connectivity index (χ0n) is 37.4. The van der Waals surface area contributed by atoms with Crippen LogP contribution in [-0.2, 0) is 28.6 Å². The lowest BCUT2D eigenvalue weighted by Gasteiger charge is -2.22. The number of carbonyl (C=O) groups excluding carboxylic acids is 3. The molecule has 0 radical (unpaired) electrons. The molecule has 3 unspecified atom stereocenters. The summed E-state index contributed by atoms with van der Waals surface area (Å²) in [5.41, 5.74) is 0. The van der Waals surface area contributed by atoms with Crippen molar-refractivity contribution in [1.29, 1.82) is 0 Å². The molecule has 1 aliphatic carbocycles. The van der Waals surface area contributed by atoms with Gasteiger partial charge in [0.05, 0.1) is 6.10 Å². The minimum absolute atomic E-state index is 0.0112. The van der Waals surface area contributed by atoms with Crippen molar-refractivity contribution < 1.29 is 33.7 Å². The van der Waals surface area contributed by atoms with E-state index < -0.39 is 18.2 Å². The van der Waals surface area contributed by atoms with Gasteiger partial charge in [0.25, 0.3) is 0 Å². The van der Waals surface area contributed by atoms with Crippen LogP contribution in [0.1, 0.15) is 207 Å². The smallest absolute Gasteiger partial charge is 0.306 e. The quantitative estimate of drug-likeness (QED) is 0.0287. The van der Waals surface area contributed by atoms with E-state index in [1.165, 1.54) is 51.4 Å². The van der Waals surface area contributed by atoms with Gasteiger partial charge in [-0.2, -0.15) is 0 Å². The van der Waals surface area contributed by atoms with E-state index in [9.17, 15) is 19.5 Å². The van der Waals surface area contributed by atoms with Crippen LogP contribution in [-0.4, -0.2) is 48.4 Å². The topological polar surface area (TPSA) is 99.1 Å². The highest BCUT2D eigenvalue weighted by atomic mass is 16.6. The van der Waals surface area contributed by atoms with Gasteiger partial charge in [-0.05, 0) is 115 Å². The second-order valence-electron chi connectivity index (χ2n) is 16.3. The van der Waals surface area contributed by atoms with Crippen LogP contribution in [0.25, 0.3) is 0 Å². The molecule has 7 heteroatoms. The Kier molecular flexibility index (Phi) is 36.2. The Morgan fingerprint density at radius 1 is 0.534 bits per heavy atom. The van der Waals surface area contributed by atoms with Crippen molar-refractivity contribution in [3.8, 4) is 0 Å². The Balaban J connectivity index is 2.41. The van der Waals surface area contributed by atoms with Gasteiger partial charge in [0.2, 0.25) is 0 Å². The van der Waals surface area contributed by atoms with Crippen LogP contribution in [0.15, 0.2) is 60.8 Å². The van der Waals surface area contributed by atoms with E-state index in [4.69, 9.17) is 14.2 Å². The van der Waals surface area contributed by atoms with Crippen LogP contribution in [0.4, 0.5) is 0 Å². The first-order valence-electron chi connectivity index (χ1n) is 23.8. The summed E-state index contributed by atoms with van der Waals surface area (Å²) in [6, 6.07) is 0. The predicted octanol–water partition coefficient (Wildman–Crippen LogP) is 13.7. The number of rotatable bonds is 38. The molecule has 0 bridgehead atoms. The molecule has 0 spiro atoms. The number of hydrogen-bond donors (Lipinski definition) is 1. The van der Waals surface area contributed by atoms with Crippen LogP contribution in [0.5, 0.6) is 0 Å². The SMILES string of the molecule is CC/C=C\CC1C(O)CCC1CC(=O)OC(COC(=O)CCCCCCC/C=C\C/C=C\CCCCC)COC(=O)CCCCCCC/C=C\C/C=C\CCCCC. The third kappa shape index (κ3) is 32.0. The van der Waals surface area contributed by atoms with Crippen molar-refractivity contribution in [3.63, 3.8) is 0 Å². The van der Waals surface area contributed by atoms with E-state index in [1.807, 2.05) is 0 Å². The maximum Gasteiger partial charge on any atom is 0.306 e. The van der Waals surface area contributed by atoms with Gasteiger partial charge in [-0.3, -0.25) is 14.4 Å². The van der Waals surface area contributed by atoms with Gasteiger partial charge in [-0.25, -0.2) is 0 Å². The Morgan fingerprint density at radius 3 is 1.45 bits per heavy atom. The number of hydrogen-bond acceptors (Lipinski definition) is 7. The van der Waals surface area contributed by atoms with Crippen LogP contribution >= 0.6 is 0 Å². The molecule has 1 fully saturated rings. The van der Waals surface area contributed by atoms with E-state index in [1.54, 1.807) is 0 Å². The zero-order valence-corrected chi connectivity index (χ0v) is 37.4. The Bertz CT molecular complexity index is 1090. The van der Waals surface area contributed by atoms with Crippen LogP contribution in [0.3, 0.4) is 0 Å². The lowest BCUT2D eigenvalue weighted by Crippen LogP contribution is -2.32.